The van der Waals surface area contributed by atoms with Crippen molar-refractivity contribution < 1.29 is 37.0 Å². The van der Waals surface area contributed by atoms with E-state index in [-0.39, 0.29) is 24.7 Å². The van der Waals surface area contributed by atoms with Crippen molar-refractivity contribution in [3.8, 4) is 0 Å². The van der Waals surface area contributed by atoms with Gasteiger partial charge in [-0.25, -0.2) is 0 Å². The van der Waals surface area contributed by atoms with Crippen LogP contribution in [0.2, 0.25) is 0 Å². The van der Waals surface area contributed by atoms with Crippen LogP contribution in [0.1, 0.15) is 0 Å². The van der Waals surface area contributed by atoms with Gasteiger partial charge in [-0.1, -0.05) is 0 Å². The molecule has 93 valence electrons. The van der Waals surface area contributed by atoms with Crippen LogP contribution in [0.25, 0.3) is 0 Å². The molecule has 0 amide bonds. The van der Waals surface area contributed by atoms with Gasteiger partial charge in [-0.05, 0) is 0 Å². The average molecular weight is 452 g/mol. The zero-order valence-electron chi connectivity index (χ0n) is 7.81. The predicted octanol–water partition coefficient (Wildman–Crippen LogP) is -2.21. The van der Waals surface area contributed by atoms with Crippen LogP contribution in [0.4, 0.5) is 0 Å². The average Bonchev–Trinajstić information content (AvgIpc) is 2.13. The first-order valence-corrected chi connectivity index (χ1v) is 6.85. The second kappa shape index (κ2) is 8.84. The zero-order chi connectivity index (χ0) is 13.4. The van der Waals surface area contributed by atoms with Crippen LogP contribution in [-0.4, -0.2) is 75.4 Å². The van der Waals surface area contributed by atoms with Crippen LogP contribution in [0.5, 0.6) is 0 Å². The minimum atomic E-state index is -4.47. The summed E-state index contributed by atoms with van der Waals surface area (Å²) >= 11 is 0.194. The summed E-state index contributed by atoms with van der Waals surface area (Å²) < 4.78 is 18.8. The number of aliphatic carboxylic acids is 2. The van der Waals surface area contributed by atoms with Gasteiger partial charge in [-0.2, -0.15) is 0 Å². The van der Waals surface area contributed by atoms with Gasteiger partial charge in [-0.15, -0.1) is 0 Å². The summed E-state index contributed by atoms with van der Waals surface area (Å²) in [7, 11) is -4.47. The van der Waals surface area contributed by atoms with Crippen molar-refractivity contribution in [2.45, 2.75) is 6.04 Å². The predicted molar refractivity (Wildman–Crippen MR) is 50.4 cm³/mol. The second-order valence-electron chi connectivity index (χ2n) is 2.51. The van der Waals surface area contributed by atoms with E-state index < -0.39 is 38.3 Å². The Balaban J connectivity index is 0. The van der Waals surface area contributed by atoms with Gasteiger partial charge < -0.3 is 20.0 Å². The standard InChI is InChI=1S/C5H10NO7P.Bi.O/c7-4(8)1-6-3(5(9)10)2-14(11,12)13;;/h3,6H,1-2H2,(H,7,8)(H,9,10)(H2,11,12,13);;. The van der Waals surface area contributed by atoms with Crippen LogP contribution in [-0.2, 0) is 17.0 Å². The molecule has 0 saturated carbocycles. The van der Waals surface area contributed by atoms with E-state index in [1.165, 1.54) is 0 Å². The summed E-state index contributed by atoms with van der Waals surface area (Å²) in [5, 5.41) is 18.6. The molecule has 0 heterocycles. The molecule has 9 nitrogen and oxygen atoms in total. The molecule has 0 aliphatic heterocycles. The molecular weight excluding hydrogens is 442 g/mol. The number of carboxylic acids is 2. The summed E-state index contributed by atoms with van der Waals surface area (Å²) in [6.07, 6.45) is -0.935. The van der Waals surface area contributed by atoms with Gasteiger partial charge >= 0.3 is 47.1 Å². The topological polar surface area (TPSA) is 161 Å². The maximum atomic E-state index is 10.4. The van der Waals surface area contributed by atoms with Crippen molar-refractivity contribution in [3.63, 3.8) is 0 Å². The van der Waals surface area contributed by atoms with Gasteiger partial charge in [0.1, 0.15) is 6.04 Å². The van der Waals surface area contributed by atoms with E-state index in [0.29, 0.717) is 0 Å². The molecule has 1 atom stereocenters. The fraction of sp³-hybridized carbons (Fsp3) is 0.600. The Labute approximate surface area is 105 Å². The summed E-state index contributed by atoms with van der Waals surface area (Å²) in [6, 6.07) is -1.56. The van der Waals surface area contributed by atoms with Crippen molar-refractivity contribution in [2.24, 2.45) is 0 Å². The molecule has 0 spiro atoms. The molecule has 0 saturated heterocycles. The fourth-order valence-electron chi connectivity index (χ4n) is 0.678. The third kappa shape index (κ3) is 11.8. The van der Waals surface area contributed by atoms with Gasteiger partial charge in [0.15, 0.2) is 0 Å². The van der Waals surface area contributed by atoms with E-state index in [0.717, 1.165) is 0 Å². The molecule has 0 aliphatic carbocycles. The first-order valence-electron chi connectivity index (χ1n) is 3.63. The van der Waals surface area contributed by atoms with Crippen molar-refractivity contribution in [2.75, 3.05) is 12.7 Å². The summed E-state index contributed by atoms with van der Waals surface area (Å²) in [4.78, 5) is 37.4. The number of hydrogen-bond acceptors (Lipinski definition) is 5. The van der Waals surface area contributed by atoms with Crippen LogP contribution in [0.15, 0.2) is 0 Å². The zero-order valence-corrected chi connectivity index (χ0v) is 12.2. The molecule has 0 bridgehead atoms. The van der Waals surface area contributed by atoms with Crippen molar-refractivity contribution >= 4 is 44.3 Å². The number of hydrogen-bond donors (Lipinski definition) is 5. The Morgan fingerprint density at radius 1 is 1.25 bits per heavy atom. The van der Waals surface area contributed by atoms with Gasteiger partial charge in [0.05, 0.1) is 12.7 Å². The molecule has 0 aromatic heterocycles. The van der Waals surface area contributed by atoms with E-state index >= 15 is 0 Å². The van der Waals surface area contributed by atoms with E-state index in [2.05, 4.69) is 0 Å². The molecule has 16 heavy (non-hydrogen) atoms. The van der Waals surface area contributed by atoms with Gasteiger partial charge in [0, 0.05) is 0 Å². The van der Waals surface area contributed by atoms with Gasteiger partial charge in [0.2, 0.25) is 0 Å². The summed E-state index contributed by atoms with van der Waals surface area (Å²) in [5.41, 5.74) is 0. The fourth-order valence-corrected chi connectivity index (χ4v) is 1.44. The number of carbonyl (C=O) groups is 2. The third-order valence-electron chi connectivity index (χ3n) is 1.22. The molecule has 0 fully saturated rings. The SMILES string of the molecule is O=C(O)CNC(CP(=O)(O)O)C(=O)O.[O]=[Bi]. The Morgan fingerprint density at radius 2 is 1.69 bits per heavy atom. The summed E-state index contributed by atoms with van der Waals surface area (Å²) in [5.74, 6) is -2.81. The molecule has 0 aromatic rings. The monoisotopic (exact) mass is 452 g/mol. The van der Waals surface area contributed by atoms with Crippen LogP contribution in [0.3, 0.4) is 0 Å². The molecule has 1 unspecified atom stereocenters. The second-order valence-corrected chi connectivity index (χ2v) is 4.21. The molecule has 0 aliphatic rings. The van der Waals surface area contributed by atoms with Crippen molar-refractivity contribution in [1.82, 2.24) is 5.32 Å². The molecule has 11 heteroatoms. The van der Waals surface area contributed by atoms with E-state index in [1.54, 1.807) is 0 Å². The number of nitrogens with one attached hydrogen (secondary N) is 1. The minimum absolute atomic E-state index is 0.194. The van der Waals surface area contributed by atoms with E-state index in [9.17, 15) is 14.2 Å². The molecular formula is C5H10BiNO8P. The van der Waals surface area contributed by atoms with Crippen molar-refractivity contribution in [1.29, 1.82) is 0 Å². The van der Waals surface area contributed by atoms with Gasteiger partial charge in [-0.3, -0.25) is 19.5 Å². The normalized spacial score (nSPS) is 12.1. The Morgan fingerprint density at radius 3 is 1.94 bits per heavy atom. The van der Waals surface area contributed by atoms with E-state index in [4.69, 9.17) is 22.8 Å². The molecule has 0 aromatic carbocycles. The van der Waals surface area contributed by atoms with E-state index in [1.807, 2.05) is 5.32 Å². The first kappa shape index (κ1) is 18.1. The van der Waals surface area contributed by atoms with Crippen LogP contribution < -0.4 is 5.32 Å². The van der Waals surface area contributed by atoms with Crippen LogP contribution in [0, 0.1) is 0 Å². The molecule has 1 radical (unpaired) electrons. The van der Waals surface area contributed by atoms with Crippen LogP contribution >= 0.6 is 7.60 Å². The molecule has 5 N–H and O–H groups in total. The Bertz CT molecular complexity index is 290. The molecule has 0 rings (SSSR count). The summed E-state index contributed by atoms with van der Waals surface area (Å²) in [6.45, 7) is -0.670. The number of carboxylic acid groups (broad SMARTS) is 2. The number of rotatable bonds is 6. The maximum absolute atomic E-state index is 10.4. The third-order valence-corrected chi connectivity index (χ3v) is 2.06. The Kier molecular flexibility index (Phi) is 10.0. The van der Waals surface area contributed by atoms with Crippen molar-refractivity contribution in [3.05, 3.63) is 0 Å². The first-order chi connectivity index (χ1) is 7.22. The quantitative estimate of drug-likeness (QED) is 0.222. The van der Waals surface area contributed by atoms with Gasteiger partial charge in [0.25, 0.3) is 0 Å². The Hall–Kier alpha value is -0.267.